The van der Waals surface area contributed by atoms with Crippen LogP contribution < -0.4 is 10.2 Å². The van der Waals surface area contributed by atoms with Crippen molar-refractivity contribution in [1.29, 1.82) is 0 Å². The topological polar surface area (TPSA) is 61.4 Å². The van der Waals surface area contributed by atoms with E-state index in [2.05, 4.69) is 45.2 Å². The molecule has 5 rings (SSSR count). The van der Waals surface area contributed by atoms with Crippen molar-refractivity contribution in [2.45, 2.75) is 6.92 Å². The molecule has 30 heavy (non-hydrogen) atoms. The monoisotopic (exact) mass is 437 g/mol. The molecule has 2 aromatic heterocycles. The van der Waals surface area contributed by atoms with E-state index in [0.29, 0.717) is 11.6 Å². The number of carbonyl (C=O) groups excluding carboxylic acids is 1. The lowest BCUT2D eigenvalue weighted by molar-refractivity contribution is 0.0947. The first-order chi connectivity index (χ1) is 14.7. The second-order valence-electron chi connectivity index (χ2n) is 7.54. The number of nitrogens with zero attached hydrogens (tertiary/aromatic N) is 4. The van der Waals surface area contributed by atoms with Crippen molar-refractivity contribution in [2.24, 2.45) is 0 Å². The summed E-state index contributed by atoms with van der Waals surface area (Å²) in [5, 5.41) is 4.66. The zero-order valence-electron chi connectivity index (χ0n) is 16.8. The number of rotatable bonds is 5. The minimum Gasteiger partial charge on any atom is -0.349 e. The zero-order valence-corrected chi connectivity index (χ0v) is 18.4. The molecule has 0 spiro atoms. The van der Waals surface area contributed by atoms with Gasteiger partial charge in [-0.05, 0) is 36.8 Å². The van der Waals surface area contributed by atoms with E-state index in [-0.39, 0.29) is 5.91 Å². The van der Waals surface area contributed by atoms with Crippen molar-refractivity contribution in [3.8, 4) is 0 Å². The molecule has 1 amide bonds. The van der Waals surface area contributed by atoms with Crippen molar-refractivity contribution in [3.63, 3.8) is 0 Å². The van der Waals surface area contributed by atoms with Crippen LogP contribution in [0.3, 0.4) is 0 Å². The molecule has 0 saturated carbocycles. The Kier molecular flexibility index (Phi) is 5.37. The summed E-state index contributed by atoms with van der Waals surface area (Å²) in [4.78, 5) is 26.4. The maximum absolute atomic E-state index is 12.4. The highest BCUT2D eigenvalue weighted by Crippen LogP contribution is 2.30. The highest BCUT2D eigenvalue weighted by Gasteiger charge is 2.20. The minimum absolute atomic E-state index is 0.0837. The molecule has 154 valence electrons. The molecule has 8 heteroatoms. The summed E-state index contributed by atoms with van der Waals surface area (Å²) in [6, 6.07) is 14.3. The zero-order chi connectivity index (χ0) is 20.5. The number of benzene rings is 2. The van der Waals surface area contributed by atoms with E-state index in [4.69, 9.17) is 4.98 Å². The van der Waals surface area contributed by atoms with Gasteiger partial charge in [0.15, 0.2) is 10.1 Å². The fraction of sp³-hybridized carbons (Fsp3) is 0.318. The van der Waals surface area contributed by atoms with E-state index in [1.165, 1.54) is 21.6 Å². The van der Waals surface area contributed by atoms with E-state index >= 15 is 0 Å². The number of thiazole rings is 2. The Labute approximate surface area is 183 Å². The number of aromatic nitrogens is 2. The van der Waals surface area contributed by atoms with E-state index in [1.54, 1.807) is 11.3 Å². The van der Waals surface area contributed by atoms with Gasteiger partial charge in [0.1, 0.15) is 0 Å². The lowest BCUT2D eigenvalue weighted by atomic mass is 10.2. The SMILES string of the molecule is Cc1ccc2nc(N3CCN(CCNC(=O)c4nc5ccccc5s4)CC3)sc2c1. The van der Waals surface area contributed by atoms with Gasteiger partial charge in [0.05, 0.1) is 20.4 Å². The van der Waals surface area contributed by atoms with Crippen LogP contribution in [-0.4, -0.2) is 60.0 Å². The molecule has 3 heterocycles. The van der Waals surface area contributed by atoms with Gasteiger partial charge in [-0.15, -0.1) is 11.3 Å². The average Bonchev–Trinajstić information content (AvgIpc) is 3.38. The van der Waals surface area contributed by atoms with Crippen LogP contribution in [0.4, 0.5) is 5.13 Å². The normalized spacial score (nSPS) is 15.2. The Balaban J connectivity index is 1.11. The standard InChI is InChI=1S/C22H23N5OS2/c1-15-6-7-17-19(14-15)30-22(25-17)27-12-10-26(11-13-27)9-8-23-20(28)21-24-16-4-2-3-5-18(16)29-21/h2-7,14H,8-13H2,1H3,(H,23,28). The number of hydrogen-bond donors (Lipinski definition) is 1. The molecule has 0 aliphatic carbocycles. The van der Waals surface area contributed by atoms with Gasteiger partial charge < -0.3 is 10.2 Å². The van der Waals surface area contributed by atoms with Gasteiger partial charge in [0, 0.05) is 39.3 Å². The third-order valence-corrected chi connectivity index (χ3v) is 7.49. The van der Waals surface area contributed by atoms with Crippen LogP contribution in [0.5, 0.6) is 0 Å². The highest BCUT2D eigenvalue weighted by molar-refractivity contribution is 7.22. The van der Waals surface area contributed by atoms with Gasteiger partial charge in [0.2, 0.25) is 0 Å². The molecule has 0 radical (unpaired) electrons. The molecule has 0 bridgehead atoms. The number of para-hydroxylation sites is 1. The molecule has 0 atom stereocenters. The van der Waals surface area contributed by atoms with Crippen LogP contribution >= 0.6 is 22.7 Å². The molecular formula is C22H23N5OS2. The predicted octanol–water partition coefficient (Wildman–Crippen LogP) is 3.77. The summed E-state index contributed by atoms with van der Waals surface area (Å²) in [6.07, 6.45) is 0. The fourth-order valence-electron chi connectivity index (χ4n) is 3.69. The molecule has 0 unspecified atom stereocenters. The second-order valence-corrected chi connectivity index (χ2v) is 9.58. The van der Waals surface area contributed by atoms with Crippen LogP contribution in [-0.2, 0) is 0 Å². The molecular weight excluding hydrogens is 414 g/mol. The van der Waals surface area contributed by atoms with Gasteiger partial charge in [-0.25, -0.2) is 9.97 Å². The van der Waals surface area contributed by atoms with Crippen LogP contribution in [0.15, 0.2) is 42.5 Å². The van der Waals surface area contributed by atoms with Crippen molar-refractivity contribution in [3.05, 3.63) is 53.0 Å². The number of hydrogen-bond acceptors (Lipinski definition) is 7. The average molecular weight is 438 g/mol. The number of carbonyl (C=O) groups is 1. The molecule has 1 fully saturated rings. The number of fused-ring (bicyclic) bond motifs is 2. The first-order valence-electron chi connectivity index (χ1n) is 10.1. The van der Waals surface area contributed by atoms with Crippen LogP contribution in [0.2, 0.25) is 0 Å². The predicted molar refractivity (Wildman–Crippen MR) is 125 cm³/mol. The van der Waals surface area contributed by atoms with Crippen molar-refractivity contribution < 1.29 is 4.79 Å². The quantitative estimate of drug-likeness (QED) is 0.515. The van der Waals surface area contributed by atoms with E-state index in [1.807, 2.05) is 24.3 Å². The number of piperazine rings is 1. The lowest BCUT2D eigenvalue weighted by Crippen LogP contribution is -2.48. The molecule has 1 aliphatic rings. The third-order valence-electron chi connectivity index (χ3n) is 5.38. The highest BCUT2D eigenvalue weighted by atomic mass is 32.1. The minimum atomic E-state index is -0.0837. The molecule has 1 saturated heterocycles. The second kappa shape index (κ2) is 8.29. The smallest absolute Gasteiger partial charge is 0.280 e. The largest absolute Gasteiger partial charge is 0.349 e. The maximum Gasteiger partial charge on any atom is 0.280 e. The molecule has 1 aliphatic heterocycles. The van der Waals surface area contributed by atoms with E-state index < -0.39 is 0 Å². The number of aryl methyl sites for hydroxylation is 1. The Hall–Kier alpha value is -2.55. The van der Waals surface area contributed by atoms with E-state index in [9.17, 15) is 4.79 Å². The van der Waals surface area contributed by atoms with Gasteiger partial charge in [-0.3, -0.25) is 9.69 Å². The molecule has 6 nitrogen and oxygen atoms in total. The first kappa shape index (κ1) is 19.4. The van der Waals surface area contributed by atoms with Crippen molar-refractivity contribution in [2.75, 3.05) is 44.2 Å². The summed E-state index contributed by atoms with van der Waals surface area (Å²) in [5.74, 6) is -0.0837. The number of nitrogens with one attached hydrogen (secondary N) is 1. The van der Waals surface area contributed by atoms with Crippen molar-refractivity contribution in [1.82, 2.24) is 20.2 Å². The summed E-state index contributed by atoms with van der Waals surface area (Å²) in [7, 11) is 0. The Morgan fingerprint density at radius 1 is 1.00 bits per heavy atom. The van der Waals surface area contributed by atoms with Crippen LogP contribution in [0.1, 0.15) is 15.4 Å². The first-order valence-corrected chi connectivity index (χ1v) is 11.8. The van der Waals surface area contributed by atoms with Gasteiger partial charge >= 0.3 is 0 Å². The van der Waals surface area contributed by atoms with Crippen LogP contribution in [0, 0.1) is 6.92 Å². The molecule has 4 aromatic rings. The lowest BCUT2D eigenvalue weighted by Gasteiger charge is -2.34. The maximum atomic E-state index is 12.4. The fourth-order valence-corrected chi connectivity index (χ4v) is 5.69. The van der Waals surface area contributed by atoms with Gasteiger partial charge in [-0.1, -0.05) is 29.5 Å². The molecule has 1 N–H and O–H groups in total. The summed E-state index contributed by atoms with van der Waals surface area (Å²) in [5.41, 5.74) is 3.24. The number of anilines is 1. The summed E-state index contributed by atoms with van der Waals surface area (Å²) in [6.45, 7) is 7.49. The summed E-state index contributed by atoms with van der Waals surface area (Å²) >= 11 is 3.22. The van der Waals surface area contributed by atoms with Crippen LogP contribution in [0.25, 0.3) is 20.4 Å². The third kappa shape index (κ3) is 4.03. The molecule has 2 aromatic carbocycles. The Morgan fingerprint density at radius 3 is 2.63 bits per heavy atom. The van der Waals surface area contributed by atoms with Gasteiger partial charge in [0.25, 0.3) is 5.91 Å². The number of amides is 1. The van der Waals surface area contributed by atoms with Crippen molar-refractivity contribution >= 4 is 54.1 Å². The Morgan fingerprint density at radius 2 is 1.80 bits per heavy atom. The Bertz CT molecular complexity index is 1160. The van der Waals surface area contributed by atoms with Gasteiger partial charge in [-0.2, -0.15) is 0 Å². The summed E-state index contributed by atoms with van der Waals surface area (Å²) < 4.78 is 2.30. The van der Waals surface area contributed by atoms with E-state index in [0.717, 1.165) is 53.6 Å².